The van der Waals surface area contributed by atoms with E-state index in [1.807, 2.05) is 0 Å². The molecule has 0 aliphatic carbocycles. The van der Waals surface area contributed by atoms with E-state index in [2.05, 4.69) is 16.0 Å². The van der Waals surface area contributed by atoms with Crippen molar-refractivity contribution in [3.63, 3.8) is 0 Å². The number of imide groups is 1. The SMILES string of the molecule is CC1(C)S[C@@H]2[C@H](NC(=O)[C@@H](NC(=O)N3CCNC3=O)c3ccccc3)C(=O)N2[C@H]1C(=O)[O-].[Na+]. The minimum Gasteiger partial charge on any atom is -0.548 e. The van der Waals surface area contributed by atoms with Gasteiger partial charge in [-0.2, -0.15) is 0 Å². The number of nitrogens with zero attached hydrogens (tertiary/aromatic N) is 2. The number of carbonyl (C=O) groups is 5. The van der Waals surface area contributed by atoms with Gasteiger partial charge in [-0.15, -0.1) is 11.8 Å². The number of carboxylic acid groups (broad SMARTS) is 1. The Bertz CT molecular complexity index is 992. The van der Waals surface area contributed by atoms with Crippen LogP contribution in [-0.4, -0.2) is 74.9 Å². The van der Waals surface area contributed by atoms with Crippen LogP contribution >= 0.6 is 11.8 Å². The number of rotatable bonds is 5. The molecule has 13 heteroatoms. The van der Waals surface area contributed by atoms with Crippen molar-refractivity contribution in [3.05, 3.63) is 35.9 Å². The Morgan fingerprint density at radius 1 is 1.21 bits per heavy atom. The minimum absolute atomic E-state index is 0. The van der Waals surface area contributed by atoms with Crippen molar-refractivity contribution in [3.8, 4) is 0 Å². The van der Waals surface area contributed by atoms with E-state index in [1.54, 1.807) is 44.2 Å². The van der Waals surface area contributed by atoms with Gasteiger partial charge in [0, 0.05) is 17.8 Å². The van der Waals surface area contributed by atoms with Gasteiger partial charge in [-0.3, -0.25) is 9.59 Å². The average molecular weight is 483 g/mol. The number of fused-ring (bicyclic) bond motifs is 1. The number of hydrogen-bond donors (Lipinski definition) is 3. The summed E-state index contributed by atoms with van der Waals surface area (Å²) in [5, 5.41) is 18.7. The third-order valence-corrected chi connectivity index (χ3v) is 7.30. The molecule has 11 nitrogen and oxygen atoms in total. The van der Waals surface area contributed by atoms with Gasteiger partial charge in [-0.05, 0) is 19.4 Å². The van der Waals surface area contributed by atoms with Crippen molar-refractivity contribution in [2.24, 2.45) is 0 Å². The van der Waals surface area contributed by atoms with Crippen molar-refractivity contribution in [1.82, 2.24) is 25.8 Å². The number of carboxylic acids is 1. The fourth-order valence-corrected chi connectivity index (χ4v) is 5.80. The zero-order valence-corrected chi connectivity index (χ0v) is 21.2. The van der Waals surface area contributed by atoms with Gasteiger partial charge in [0.15, 0.2) is 0 Å². The molecule has 0 radical (unpaired) electrons. The maximum atomic E-state index is 13.1. The van der Waals surface area contributed by atoms with Crippen molar-refractivity contribution in [2.75, 3.05) is 13.1 Å². The van der Waals surface area contributed by atoms with Crippen LogP contribution in [-0.2, 0) is 14.4 Å². The third kappa shape index (κ3) is 4.57. The molecule has 4 rings (SSSR count). The van der Waals surface area contributed by atoms with E-state index >= 15 is 0 Å². The maximum Gasteiger partial charge on any atom is 1.00 e. The summed E-state index contributed by atoms with van der Waals surface area (Å²) in [6, 6.07) is 3.93. The van der Waals surface area contributed by atoms with Crippen molar-refractivity contribution >= 4 is 41.6 Å². The van der Waals surface area contributed by atoms with E-state index in [0.29, 0.717) is 12.1 Å². The summed E-state index contributed by atoms with van der Waals surface area (Å²) in [5.41, 5.74) is 0.466. The molecule has 1 aromatic rings. The van der Waals surface area contributed by atoms with Crippen LogP contribution in [0.3, 0.4) is 0 Å². The predicted molar refractivity (Wildman–Crippen MR) is 111 cm³/mol. The Hall–Kier alpha value is -2.28. The first kappa shape index (κ1) is 25.3. The van der Waals surface area contributed by atoms with E-state index in [1.165, 1.54) is 16.7 Å². The molecule has 0 bridgehead atoms. The van der Waals surface area contributed by atoms with E-state index in [9.17, 15) is 29.1 Å². The molecular formula is C20H22N5NaO6S. The summed E-state index contributed by atoms with van der Waals surface area (Å²) < 4.78 is -0.783. The minimum atomic E-state index is -1.35. The number of aliphatic carboxylic acids is 1. The molecule has 3 heterocycles. The first-order valence-electron chi connectivity index (χ1n) is 10.0. The van der Waals surface area contributed by atoms with Gasteiger partial charge in [0.1, 0.15) is 17.5 Å². The van der Waals surface area contributed by atoms with Gasteiger partial charge >= 0.3 is 41.6 Å². The summed E-state index contributed by atoms with van der Waals surface area (Å²) in [5.74, 6) is -2.51. The average Bonchev–Trinajstić information content (AvgIpc) is 3.29. The quantitative estimate of drug-likeness (QED) is 0.284. The van der Waals surface area contributed by atoms with Crippen LogP contribution in [0.2, 0.25) is 0 Å². The van der Waals surface area contributed by atoms with Crippen molar-refractivity contribution in [2.45, 2.75) is 42.1 Å². The van der Waals surface area contributed by atoms with Gasteiger partial charge in [-0.1, -0.05) is 30.3 Å². The van der Waals surface area contributed by atoms with Crippen molar-refractivity contribution < 1.29 is 58.6 Å². The molecule has 0 unspecified atom stereocenters. The van der Waals surface area contributed by atoms with Gasteiger partial charge in [-0.25, -0.2) is 14.5 Å². The largest absolute Gasteiger partial charge is 1.00 e. The third-order valence-electron chi connectivity index (χ3n) is 5.73. The van der Waals surface area contributed by atoms with Gasteiger partial charge in [0.25, 0.3) is 0 Å². The number of benzene rings is 1. The number of hydrogen-bond acceptors (Lipinski definition) is 7. The van der Waals surface area contributed by atoms with Gasteiger partial charge in [0.2, 0.25) is 11.8 Å². The second kappa shape index (κ2) is 9.53. The molecule has 0 spiro atoms. The summed E-state index contributed by atoms with van der Waals surface area (Å²) in [6.07, 6.45) is 0. The normalized spacial score (nSPS) is 25.8. The standard InChI is InChI=1S/C20H23N5O6S.Na/c1-20(2)13(17(28)29)25-15(27)12(16(25)32-20)22-14(26)11(10-6-4-3-5-7-10)23-19(31)24-9-8-21-18(24)30;/h3-7,11-13,16H,8-9H2,1-2H3,(H,21,30)(H,22,26)(H,23,31)(H,28,29);/q;+1/p-1/t11-,12+,13-,16+;/m0./s1. The van der Waals surface area contributed by atoms with Crippen LogP contribution in [0.1, 0.15) is 25.5 Å². The Labute approximate surface area is 216 Å². The Morgan fingerprint density at radius 3 is 2.45 bits per heavy atom. The van der Waals surface area contributed by atoms with Crippen LogP contribution in [0.4, 0.5) is 9.59 Å². The van der Waals surface area contributed by atoms with Crippen LogP contribution < -0.4 is 50.6 Å². The number of urea groups is 2. The van der Waals surface area contributed by atoms with E-state index < -0.39 is 58.1 Å². The molecule has 3 aliphatic heterocycles. The van der Waals surface area contributed by atoms with Crippen LogP contribution in [0.25, 0.3) is 0 Å². The molecule has 6 amide bonds. The predicted octanol–water partition coefficient (Wildman–Crippen LogP) is -4.24. The second-order valence-corrected chi connectivity index (χ2v) is 10.0. The Kier molecular flexibility index (Phi) is 7.32. The van der Waals surface area contributed by atoms with E-state index in [4.69, 9.17) is 0 Å². The van der Waals surface area contributed by atoms with Crippen LogP contribution in [0.5, 0.6) is 0 Å². The molecule has 0 saturated carbocycles. The first-order chi connectivity index (χ1) is 15.1. The fraction of sp³-hybridized carbons (Fsp3) is 0.450. The number of amides is 6. The Morgan fingerprint density at radius 2 is 1.88 bits per heavy atom. The summed E-state index contributed by atoms with van der Waals surface area (Å²) >= 11 is 1.27. The molecule has 4 atom stereocenters. The molecule has 170 valence electrons. The zero-order valence-electron chi connectivity index (χ0n) is 18.4. The molecule has 3 fully saturated rings. The maximum absolute atomic E-state index is 13.1. The number of thioether (sulfide) groups is 1. The van der Waals surface area contributed by atoms with Gasteiger partial charge < -0.3 is 30.8 Å². The molecule has 0 aromatic heterocycles. The van der Waals surface area contributed by atoms with Crippen molar-refractivity contribution in [1.29, 1.82) is 0 Å². The van der Waals surface area contributed by atoms with E-state index in [0.717, 1.165) is 4.90 Å². The molecule has 33 heavy (non-hydrogen) atoms. The second-order valence-electron chi connectivity index (χ2n) is 8.24. The summed E-state index contributed by atoms with van der Waals surface area (Å²) in [4.78, 5) is 63.9. The molecule has 3 N–H and O–H groups in total. The molecule has 3 aliphatic rings. The number of β-lactam (4-membered cyclic amide) rings is 1. The zero-order chi connectivity index (χ0) is 23.2. The fourth-order valence-electron chi connectivity index (χ4n) is 4.18. The van der Waals surface area contributed by atoms with Crippen LogP contribution in [0.15, 0.2) is 30.3 Å². The molecule has 1 aromatic carbocycles. The monoisotopic (exact) mass is 483 g/mol. The van der Waals surface area contributed by atoms with Crippen LogP contribution in [0, 0.1) is 0 Å². The topological polar surface area (TPSA) is 151 Å². The smallest absolute Gasteiger partial charge is 0.548 e. The first-order valence-corrected chi connectivity index (χ1v) is 10.9. The number of nitrogens with one attached hydrogen (secondary N) is 3. The summed E-state index contributed by atoms with van der Waals surface area (Å²) in [6.45, 7) is 3.89. The van der Waals surface area contributed by atoms with E-state index in [-0.39, 0.29) is 36.1 Å². The Balaban J connectivity index is 0.00000306. The number of carbonyl (C=O) groups excluding carboxylic acids is 5. The molecule has 3 saturated heterocycles. The van der Waals surface area contributed by atoms with Gasteiger partial charge in [0.05, 0.1) is 12.0 Å². The molecular weight excluding hydrogens is 461 g/mol. The summed E-state index contributed by atoms with van der Waals surface area (Å²) in [7, 11) is 0.